The van der Waals surface area contributed by atoms with Crippen LogP contribution in [0.5, 0.6) is 0 Å². The van der Waals surface area contributed by atoms with Crippen molar-refractivity contribution < 1.29 is 0 Å². The lowest BCUT2D eigenvalue weighted by molar-refractivity contribution is 0.590. The molecule has 2 aromatic heterocycles. The van der Waals surface area contributed by atoms with E-state index in [1.54, 1.807) is 0 Å². The van der Waals surface area contributed by atoms with Gasteiger partial charge in [0.05, 0.1) is 22.1 Å². The number of para-hydroxylation sites is 2. The largest absolute Gasteiger partial charge is 0.309 e. The fraction of sp³-hybridized carbons (Fsp3) is 0.0427. The summed E-state index contributed by atoms with van der Waals surface area (Å²) in [4.78, 5) is 0. The average Bonchev–Trinajstić information content (AvgIpc) is 1.50. The molecule has 0 radical (unpaired) electrons. The monoisotopic (exact) mass is 1520 g/mol. The molecule has 0 atom stereocenters. The van der Waals surface area contributed by atoms with Crippen LogP contribution in [0.2, 0.25) is 0 Å². The molecule has 20 aromatic carbocycles. The van der Waals surface area contributed by atoms with Crippen molar-refractivity contribution >= 4 is 86.7 Å². The van der Waals surface area contributed by atoms with Crippen molar-refractivity contribution in [3.8, 4) is 123 Å². The maximum absolute atomic E-state index is 2.40. The van der Waals surface area contributed by atoms with E-state index >= 15 is 0 Å². The smallest absolute Gasteiger partial charge is 0.0541 e. The average molecular weight is 1520 g/mol. The summed E-state index contributed by atoms with van der Waals surface area (Å²) in [7, 11) is 0. The highest BCUT2D eigenvalue weighted by Gasteiger charge is 2.22. The van der Waals surface area contributed by atoms with Gasteiger partial charge in [0.2, 0.25) is 0 Å². The number of benzene rings is 20. The van der Waals surface area contributed by atoms with Crippen LogP contribution in [0.15, 0.2) is 437 Å². The molecule has 22 aromatic rings. The van der Waals surface area contributed by atoms with Crippen molar-refractivity contribution in [3.63, 3.8) is 0 Å². The third kappa shape index (κ3) is 13.1. The molecule has 0 aliphatic heterocycles. The number of rotatable bonds is 12. The summed E-state index contributed by atoms with van der Waals surface area (Å²) in [5.74, 6) is 0. The first-order chi connectivity index (χ1) is 58.6. The van der Waals surface area contributed by atoms with E-state index < -0.39 is 0 Å². The SMILES string of the molecule is CC(C)(C)c1ccc(-n2c3ccccc3c3cc(-c4ccc(-c5ccc(-c6c7ccccc7c(-c7ccc(-c8ccc(-c9ccccc9)cc8)cc7)c7ccccc67)cc5)cc4)ccc32)cc1.Cc1cccc(-n2c3ccccc3c3cc(-c4ccc(-c5ccc(-c6c7ccccc7c(-c7ccccc7)c7ccccc67)cc5)cc4)ccc32)c1. The molecule has 562 valence electrons. The topological polar surface area (TPSA) is 9.86 Å². The number of aryl methyl sites for hydroxylation is 1. The zero-order valence-electron chi connectivity index (χ0n) is 67.0. The van der Waals surface area contributed by atoms with Crippen LogP contribution in [0.1, 0.15) is 31.9 Å². The minimum Gasteiger partial charge on any atom is -0.309 e. The quantitative estimate of drug-likeness (QED) is 0.108. The summed E-state index contributed by atoms with van der Waals surface area (Å²) in [6, 6.07) is 160. The van der Waals surface area contributed by atoms with E-state index in [1.807, 2.05) is 0 Å². The molecule has 0 amide bonds. The molecule has 2 heteroatoms. The van der Waals surface area contributed by atoms with E-state index in [-0.39, 0.29) is 5.41 Å². The van der Waals surface area contributed by atoms with Gasteiger partial charge < -0.3 is 9.13 Å². The van der Waals surface area contributed by atoms with Crippen LogP contribution in [-0.2, 0) is 5.41 Å². The van der Waals surface area contributed by atoms with Crippen LogP contribution in [0.3, 0.4) is 0 Å². The van der Waals surface area contributed by atoms with Crippen LogP contribution in [0, 0.1) is 6.92 Å². The lowest BCUT2D eigenvalue weighted by Crippen LogP contribution is -2.10. The predicted octanol–water partition coefficient (Wildman–Crippen LogP) is 32.5. The molecule has 0 saturated carbocycles. The molecule has 0 aliphatic rings. The Morgan fingerprint density at radius 3 is 0.706 bits per heavy atom. The van der Waals surface area contributed by atoms with Gasteiger partial charge in [-0.1, -0.05) is 397 Å². The second kappa shape index (κ2) is 30.0. The van der Waals surface area contributed by atoms with E-state index in [4.69, 9.17) is 0 Å². The highest BCUT2D eigenvalue weighted by molar-refractivity contribution is 6.23. The minimum atomic E-state index is 0.111. The van der Waals surface area contributed by atoms with E-state index in [1.165, 1.54) is 220 Å². The molecular formula is C117H84N2. The summed E-state index contributed by atoms with van der Waals surface area (Å²) < 4.78 is 4.79. The Balaban J connectivity index is 0.000000152. The van der Waals surface area contributed by atoms with Gasteiger partial charge in [0, 0.05) is 32.9 Å². The zero-order valence-corrected chi connectivity index (χ0v) is 67.0. The van der Waals surface area contributed by atoms with Crippen molar-refractivity contribution in [2.24, 2.45) is 0 Å². The molecular weight excluding hydrogens is 1430 g/mol. The van der Waals surface area contributed by atoms with Crippen molar-refractivity contribution in [2.45, 2.75) is 33.1 Å². The number of hydrogen-bond donors (Lipinski definition) is 0. The van der Waals surface area contributed by atoms with Gasteiger partial charge in [0.15, 0.2) is 0 Å². The Labute approximate surface area is 694 Å². The molecule has 2 nitrogen and oxygen atoms in total. The number of nitrogens with zero attached hydrogens (tertiary/aromatic N) is 2. The van der Waals surface area contributed by atoms with Gasteiger partial charge in [-0.2, -0.15) is 0 Å². The van der Waals surface area contributed by atoms with Gasteiger partial charge in [-0.15, -0.1) is 0 Å². The highest BCUT2D eigenvalue weighted by Crippen LogP contribution is 2.48. The predicted molar refractivity (Wildman–Crippen MR) is 509 cm³/mol. The summed E-state index contributed by atoms with van der Waals surface area (Å²) in [6.07, 6.45) is 0. The number of hydrogen-bond acceptors (Lipinski definition) is 0. The molecule has 22 rings (SSSR count). The Bertz CT molecular complexity index is 7480. The third-order valence-corrected chi connectivity index (χ3v) is 24.5. The second-order valence-electron chi connectivity index (χ2n) is 32.7. The Kier molecular flexibility index (Phi) is 18.1. The molecule has 0 unspecified atom stereocenters. The van der Waals surface area contributed by atoms with E-state index in [9.17, 15) is 0 Å². The first-order valence-electron chi connectivity index (χ1n) is 41.4. The van der Waals surface area contributed by atoms with Gasteiger partial charge in [-0.25, -0.2) is 0 Å². The van der Waals surface area contributed by atoms with E-state index in [0.29, 0.717) is 0 Å². The molecule has 0 fully saturated rings. The summed E-state index contributed by atoms with van der Waals surface area (Å²) in [5, 5.41) is 15.2. The molecule has 2 heterocycles. The van der Waals surface area contributed by atoms with Crippen molar-refractivity contribution in [3.05, 3.63) is 448 Å². The van der Waals surface area contributed by atoms with Gasteiger partial charge in [-0.3, -0.25) is 0 Å². The molecule has 0 N–H and O–H groups in total. The summed E-state index contributed by atoms with van der Waals surface area (Å²) in [6.45, 7) is 8.96. The third-order valence-electron chi connectivity index (χ3n) is 24.5. The first kappa shape index (κ1) is 71.8. The summed E-state index contributed by atoms with van der Waals surface area (Å²) in [5.41, 5.74) is 34.6. The molecule has 0 bridgehead atoms. The maximum Gasteiger partial charge on any atom is 0.0541 e. The normalized spacial score (nSPS) is 11.7. The van der Waals surface area contributed by atoms with Crippen LogP contribution in [0.25, 0.3) is 209 Å². The van der Waals surface area contributed by atoms with Crippen LogP contribution >= 0.6 is 0 Å². The Hall–Kier alpha value is -15.0. The zero-order chi connectivity index (χ0) is 79.7. The summed E-state index contributed by atoms with van der Waals surface area (Å²) >= 11 is 0. The molecule has 0 saturated heterocycles. The Morgan fingerprint density at radius 1 is 0.160 bits per heavy atom. The molecule has 119 heavy (non-hydrogen) atoms. The fourth-order valence-corrected chi connectivity index (χ4v) is 18.5. The number of aromatic nitrogens is 2. The van der Waals surface area contributed by atoms with E-state index in [2.05, 4.69) is 474 Å². The lowest BCUT2D eigenvalue weighted by Gasteiger charge is -2.19. The van der Waals surface area contributed by atoms with Gasteiger partial charge in [0.1, 0.15) is 0 Å². The van der Waals surface area contributed by atoms with Gasteiger partial charge in [0.25, 0.3) is 0 Å². The van der Waals surface area contributed by atoms with Crippen molar-refractivity contribution in [1.29, 1.82) is 0 Å². The van der Waals surface area contributed by atoms with Crippen LogP contribution in [0.4, 0.5) is 0 Å². The standard InChI is InChI=1S/C66H49N.C51H35N/c1-66(2,3)54-38-40-55(41-39-54)67-62-20-12-11-15-56(62)61-43-53(37-42-63(61)67)50-27-25-47(26-28-50)49-31-35-52(36-32-49)65-59-18-9-7-16-57(59)64(58-17-8-10-19-60(58)65)51-33-29-48(30-34-51)46-23-21-45(22-24-46)44-13-5-4-6-14-44;1-34-12-11-15-41(32-34)52-48-21-10-9-16-42(48)47-33-40(30-31-49(47)52)37-24-22-35(23-25-37)36-26-28-39(29-27-36)51-45-19-7-5-17-43(45)50(38-13-3-2-4-14-38)44-18-6-8-20-46(44)51/h4-43H,1-3H3;2-33H,1H3. The van der Waals surface area contributed by atoms with Crippen LogP contribution in [-0.4, -0.2) is 9.13 Å². The number of fused-ring (bicyclic) bond motifs is 10. The van der Waals surface area contributed by atoms with E-state index in [0.717, 1.165) is 0 Å². The minimum absolute atomic E-state index is 0.111. The highest BCUT2D eigenvalue weighted by atomic mass is 15.0. The lowest BCUT2D eigenvalue weighted by atomic mass is 9.85. The second-order valence-corrected chi connectivity index (χ2v) is 32.7. The van der Waals surface area contributed by atoms with Crippen molar-refractivity contribution in [2.75, 3.05) is 0 Å². The molecule has 0 spiro atoms. The molecule has 0 aliphatic carbocycles. The Morgan fingerprint density at radius 2 is 0.395 bits per heavy atom. The van der Waals surface area contributed by atoms with Gasteiger partial charge in [-0.05, 0) is 238 Å². The fourth-order valence-electron chi connectivity index (χ4n) is 18.5. The van der Waals surface area contributed by atoms with Crippen molar-refractivity contribution in [1.82, 2.24) is 9.13 Å². The van der Waals surface area contributed by atoms with Crippen LogP contribution < -0.4 is 0 Å². The first-order valence-corrected chi connectivity index (χ1v) is 41.4. The maximum atomic E-state index is 2.40. The van der Waals surface area contributed by atoms with Gasteiger partial charge >= 0.3 is 0 Å².